The second kappa shape index (κ2) is 9.01. The van der Waals surface area contributed by atoms with Crippen LogP contribution in [0, 0.1) is 6.92 Å². The zero-order valence-corrected chi connectivity index (χ0v) is 16.2. The molecule has 30 heavy (non-hydrogen) atoms. The summed E-state index contributed by atoms with van der Waals surface area (Å²) in [6.45, 7) is 0.232. The Morgan fingerprint density at radius 2 is 1.47 bits per heavy atom. The molecule has 2 aliphatic rings. The van der Waals surface area contributed by atoms with Gasteiger partial charge in [-0.3, -0.25) is 0 Å². The predicted molar refractivity (Wildman–Crippen MR) is 98.3 cm³/mol. The van der Waals surface area contributed by atoms with E-state index in [1.165, 1.54) is 0 Å². The van der Waals surface area contributed by atoms with E-state index in [-0.39, 0.29) is 5.75 Å². The molecule has 3 rings (SSSR count). The van der Waals surface area contributed by atoms with Crippen LogP contribution in [0.3, 0.4) is 0 Å². The zero-order chi connectivity index (χ0) is 22.2. The van der Waals surface area contributed by atoms with E-state index in [1.54, 1.807) is 31.2 Å². The Balaban J connectivity index is 2.02. The van der Waals surface area contributed by atoms with E-state index in [0.717, 1.165) is 0 Å². The summed E-state index contributed by atoms with van der Waals surface area (Å²) in [4.78, 5) is 0. The molecule has 0 aliphatic carbocycles. The molecule has 0 saturated carbocycles. The van der Waals surface area contributed by atoms with Crippen LogP contribution in [0.25, 0.3) is 0 Å². The molecule has 11 nitrogen and oxygen atoms in total. The first-order valence-corrected chi connectivity index (χ1v) is 9.54. The van der Waals surface area contributed by atoms with Crippen molar-refractivity contribution in [1.29, 1.82) is 0 Å². The first kappa shape index (κ1) is 23.3. The molecule has 0 amide bonds. The average molecular weight is 432 g/mol. The average Bonchev–Trinajstić information content (AvgIpc) is 2.74. The van der Waals surface area contributed by atoms with Crippen LogP contribution < -0.4 is 4.74 Å². The summed E-state index contributed by atoms with van der Waals surface area (Å²) in [6.07, 6.45) is -15.7. The Kier molecular flexibility index (Phi) is 6.99. The summed E-state index contributed by atoms with van der Waals surface area (Å²) < 4.78 is 16.6. The Morgan fingerprint density at radius 3 is 2.07 bits per heavy atom. The highest BCUT2D eigenvalue weighted by molar-refractivity contribution is 5.32. The summed E-state index contributed by atoms with van der Waals surface area (Å²) in [5, 5.41) is 82.0. The summed E-state index contributed by atoms with van der Waals surface area (Å²) in [7, 11) is 0. The number of ether oxygens (including phenoxy) is 3. The SMILES string of the molecule is Cc1ccccc1O[C@H]1O[C@H](CO)[C@@H](O)[C@H](O)[C@]1(O)[C@@H]1O[C@H](CO)[C@@H](O)[C@H](O)[C@H]1O. The van der Waals surface area contributed by atoms with Crippen LogP contribution in [0.1, 0.15) is 5.56 Å². The maximum atomic E-state index is 11.4. The Bertz CT molecular complexity index is 715. The van der Waals surface area contributed by atoms with Gasteiger partial charge in [-0.25, -0.2) is 0 Å². The normalized spacial score (nSPS) is 44.6. The van der Waals surface area contributed by atoms with Gasteiger partial charge < -0.3 is 55.1 Å². The minimum absolute atomic E-state index is 0.241. The molecule has 170 valence electrons. The van der Waals surface area contributed by atoms with Gasteiger partial charge in [-0.05, 0) is 18.6 Å². The lowest BCUT2D eigenvalue weighted by atomic mass is 9.76. The molecule has 0 bridgehead atoms. The van der Waals surface area contributed by atoms with Gasteiger partial charge in [-0.2, -0.15) is 0 Å². The lowest BCUT2D eigenvalue weighted by molar-refractivity contribution is -0.372. The highest BCUT2D eigenvalue weighted by Crippen LogP contribution is 2.40. The van der Waals surface area contributed by atoms with Crippen molar-refractivity contribution in [3.63, 3.8) is 0 Å². The van der Waals surface area contributed by atoms with Crippen molar-refractivity contribution in [3.05, 3.63) is 29.8 Å². The molecule has 2 fully saturated rings. The van der Waals surface area contributed by atoms with Crippen molar-refractivity contribution >= 4 is 0 Å². The molecule has 8 N–H and O–H groups in total. The van der Waals surface area contributed by atoms with Gasteiger partial charge in [0.15, 0.2) is 5.60 Å². The minimum atomic E-state index is -2.67. The standard InChI is InChI=1S/C19H28O11/c1-8-4-2-3-5-9(8)29-18-19(27,16(26)13(23)11(7-21)30-18)17-15(25)14(24)12(22)10(6-20)28-17/h2-5,10-18,20-27H,6-7H2,1H3/t10-,11-,12-,13-,14+,15-,16+,17-,18+,19+/m1/s1. The number of rotatable bonds is 5. The summed E-state index contributed by atoms with van der Waals surface area (Å²) in [6, 6.07) is 6.65. The van der Waals surface area contributed by atoms with E-state index in [9.17, 15) is 40.9 Å². The number of hydrogen-bond acceptors (Lipinski definition) is 11. The maximum Gasteiger partial charge on any atom is 0.234 e. The van der Waals surface area contributed by atoms with Crippen molar-refractivity contribution in [2.24, 2.45) is 0 Å². The Morgan fingerprint density at radius 1 is 0.867 bits per heavy atom. The molecule has 0 spiro atoms. The second-order valence-corrected chi connectivity index (χ2v) is 7.64. The van der Waals surface area contributed by atoms with E-state index in [2.05, 4.69) is 0 Å². The van der Waals surface area contributed by atoms with Crippen LogP contribution in [0.2, 0.25) is 0 Å². The van der Waals surface area contributed by atoms with Gasteiger partial charge in [0, 0.05) is 0 Å². The number of hydrogen-bond donors (Lipinski definition) is 8. The number of benzene rings is 1. The van der Waals surface area contributed by atoms with Gasteiger partial charge in [0.2, 0.25) is 6.29 Å². The molecule has 0 radical (unpaired) electrons. The van der Waals surface area contributed by atoms with Crippen molar-refractivity contribution in [1.82, 2.24) is 0 Å². The molecular formula is C19H28O11. The predicted octanol–water partition coefficient (Wildman–Crippen LogP) is -3.61. The molecule has 1 aromatic rings. The van der Waals surface area contributed by atoms with Crippen LogP contribution in [-0.4, -0.2) is 115 Å². The molecule has 2 heterocycles. The van der Waals surface area contributed by atoms with Crippen LogP contribution in [0.5, 0.6) is 5.75 Å². The third-order valence-corrected chi connectivity index (χ3v) is 5.71. The molecule has 10 atom stereocenters. The molecule has 0 aromatic heterocycles. The number of aliphatic hydroxyl groups is 8. The fourth-order valence-electron chi connectivity index (χ4n) is 3.83. The van der Waals surface area contributed by atoms with Gasteiger partial charge in [0.1, 0.15) is 54.6 Å². The second-order valence-electron chi connectivity index (χ2n) is 7.64. The number of aliphatic hydroxyl groups excluding tert-OH is 7. The first-order valence-electron chi connectivity index (χ1n) is 9.54. The van der Waals surface area contributed by atoms with Crippen molar-refractivity contribution in [2.75, 3.05) is 13.2 Å². The van der Waals surface area contributed by atoms with Gasteiger partial charge in [0.05, 0.1) is 13.2 Å². The number of para-hydroxylation sites is 1. The quantitative estimate of drug-likeness (QED) is 0.229. The highest BCUT2D eigenvalue weighted by atomic mass is 16.7. The van der Waals surface area contributed by atoms with Crippen molar-refractivity contribution < 1.29 is 55.1 Å². The fourth-order valence-corrected chi connectivity index (χ4v) is 3.83. The summed E-state index contributed by atoms with van der Waals surface area (Å²) in [5.74, 6) is 0.241. The first-order chi connectivity index (χ1) is 14.2. The zero-order valence-electron chi connectivity index (χ0n) is 16.2. The largest absolute Gasteiger partial charge is 0.461 e. The molecular weight excluding hydrogens is 404 g/mol. The van der Waals surface area contributed by atoms with Gasteiger partial charge >= 0.3 is 0 Å². The topological polar surface area (TPSA) is 190 Å². The third-order valence-electron chi connectivity index (χ3n) is 5.71. The van der Waals surface area contributed by atoms with Gasteiger partial charge in [-0.1, -0.05) is 18.2 Å². The fraction of sp³-hybridized carbons (Fsp3) is 0.684. The van der Waals surface area contributed by atoms with Gasteiger partial charge in [0.25, 0.3) is 0 Å². The van der Waals surface area contributed by atoms with E-state index < -0.39 is 73.9 Å². The smallest absolute Gasteiger partial charge is 0.234 e. The summed E-state index contributed by atoms with van der Waals surface area (Å²) in [5.41, 5.74) is -2.03. The number of aryl methyl sites for hydroxylation is 1. The summed E-state index contributed by atoms with van der Waals surface area (Å²) >= 11 is 0. The van der Waals surface area contributed by atoms with Crippen LogP contribution >= 0.6 is 0 Å². The maximum absolute atomic E-state index is 11.4. The monoisotopic (exact) mass is 432 g/mol. The molecule has 2 saturated heterocycles. The van der Waals surface area contributed by atoms with E-state index in [0.29, 0.717) is 5.56 Å². The van der Waals surface area contributed by atoms with Crippen LogP contribution in [-0.2, 0) is 9.47 Å². The molecule has 0 unspecified atom stereocenters. The van der Waals surface area contributed by atoms with Crippen molar-refractivity contribution in [2.45, 2.75) is 67.6 Å². The molecule has 1 aromatic carbocycles. The van der Waals surface area contributed by atoms with E-state index in [1.807, 2.05) is 0 Å². The Labute approximate surface area is 172 Å². The lowest BCUT2D eigenvalue weighted by Gasteiger charge is -2.54. The highest BCUT2D eigenvalue weighted by Gasteiger charge is 2.65. The van der Waals surface area contributed by atoms with E-state index in [4.69, 9.17) is 14.2 Å². The van der Waals surface area contributed by atoms with Crippen LogP contribution in [0.4, 0.5) is 0 Å². The van der Waals surface area contributed by atoms with Crippen molar-refractivity contribution in [3.8, 4) is 5.75 Å². The van der Waals surface area contributed by atoms with E-state index >= 15 is 0 Å². The molecule has 11 heteroatoms. The molecule has 2 aliphatic heterocycles. The lowest BCUT2D eigenvalue weighted by Crippen LogP contribution is -2.77. The minimum Gasteiger partial charge on any atom is -0.461 e. The van der Waals surface area contributed by atoms with Crippen LogP contribution in [0.15, 0.2) is 24.3 Å². The third kappa shape index (κ3) is 3.82. The van der Waals surface area contributed by atoms with Gasteiger partial charge in [-0.15, -0.1) is 0 Å². The Hall–Kier alpha value is -1.38.